The molecule has 0 spiro atoms. The first-order chi connectivity index (χ1) is 25.8. The number of ether oxygens (including phenoxy) is 3. The summed E-state index contributed by atoms with van der Waals surface area (Å²) in [4.78, 5) is 34.9. The molecule has 12 heteroatoms. The third-order valence-corrected chi connectivity index (χ3v) is 9.35. The zero-order valence-electron chi connectivity index (χ0n) is 31.6. The van der Waals surface area contributed by atoms with Crippen molar-refractivity contribution in [3.8, 4) is 0 Å². The van der Waals surface area contributed by atoms with Crippen molar-refractivity contribution in [1.29, 1.82) is 0 Å². The normalized spacial score (nSPS) is 28.6. The lowest BCUT2D eigenvalue weighted by atomic mass is 9.79. The van der Waals surface area contributed by atoms with Crippen LogP contribution in [0.4, 0.5) is 0 Å². The van der Waals surface area contributed by atoms with Crippen molar-refractivity contribution in [2.24, 2.45) is 10.8 Å². The van der Waals surface area contributed by atoms with Crippen LogP contribution in [0.5, 0.6) is 0 Å². The highest BCUT2D eigenvalue weighted by atomic mass is 16.6. The number of esters is 2. The lowest BCUT2D eigenvalue weighted by Crippen LogP contribution is -2.42. The Kier molecular flexibility index (Phi) is 15.1. The number of fused-ring (bicyclic) bond motifs is 5. The molecule has 0 aliphatic carbocycles. The number of hydrogen-bond acceptors (Lipinski definition) is 12. The van der Waals surface area contributed by atoms with Crippen molar-refractivity contribution in [2.75, 3.05) is 0 Å². The second-order valence-electron chi connectivity index (χ2n) is 14.2. The summed E-state index contributed by atoms with van der Waals surface area (Å²) in [5, 5.41) is 32.3. The molecule has 0 aromatic carbocycles. The van der Waals surface area contributed by atoms with Crippen molar-refractivity contribution in [3.05, 3.63) is 127 Å². The molecule has 1 fully saturated rings. The smallest absolute Gasteiger partial charge is 0.360 e. The number of hydrogen-bond donors (Lipinski definition) is 3. The van der Waals surface area contributed by atoms with Gasteiger partial charge in [-0.2, -0.15) is 0 Å². The molecule has 12 nitrogen and oxygen atoms in total. The van der Waals surface area contributed by atoms with Crippen LogP contribution < -0.4 is 0 Å². The van der Waals surface area contributed by atoms with E-state index in [1.165, 1.54) is 12.5 Å². The van der Waals surface area contributed by atoms with Crippen LogP contribution >= 0.6 is 0 Å². The Hall–Kier alpha value is -4.88. The number of oxazole rings is 2. The van der Waals surface area contributed by atoms with E-state index < -0.39 is 53.3 Å². The van der Waals surface area contributed by atoms with E-state index in [0.29, 0.717) is 12.8 Å². The van der Waals surface area contributed by atoms with E-state index in [1.54, 1.807) is 86.8 Å². The average Bonchev–Trinajstić information content (AvgIpc) is 3.45. The lowest BCUT2D eigenvalue weighted by molar-refractivity contribution is -0.0461. The van der Waals surface area contributed by atoms with E-state index in [-0.39, 0.29) is 41.8 Å². The summed E-state index contributed by atoms with van der Waals surface area (Å²) in [6, 6.07) is 0. The van der Waals surface area contributed by atoms with E-state index in [2.05, 4.69) is 9.97 Å². The number of nitrogens with zero attached hydrogens (tertiary/aromatic N) is 2. The van der Waals surface area contributed by atoms with Crippen molar-refractivity contribution in [1.82, 2.24) is 9.97 Å². The van der Waals surface area contributed by atoms with Gasteiger partial charge in [0.2, 0.25) is 5.89 Å². The summed E-state index contributed by atoms with van der Waals surface area (Å²) in [5.41, 5.74) is -1.77. The lowest BCUT2D eigenvalue weighted by Gasteiger charge is -2.36. The van der Waals surface area contributed by atoms with Crippen LogP contribution in [0.1, 0.15) is 87.1 Å². The highest BCUT2D eigenvalue weighted by molar-refractivity contribution is 5.87. The van der Waals surface area contributed by atoms with E-state index >= 15 is 0 Å². The molecule has 3 N–H and O–H groups in total. The summed E-state index contributed by atoms with van der Waals surface area (Å²) < 4.78 is 28.5. The Bertz CT molecular complexity index is 1790. The van der Waals surface area contributed by atoms with Gasteiger partial charge in [-0.25, -0.2) is 19.6 Å². The number of allylic oxidation sites excluding steroid dienone is 8. The van der Waals surface area contributed by atoms with Crippen LogP contribution in [0.2, 0.25) is 0 Å². The molecule has 7 atom stereocenters. The van der Waals surface area contributed by atoms with Crippen LogP contribution in [0.15, 0.2) is 113 Å². The van der Waals surface area contributed by atoms with Gasteiger partial charge >= 0.3 is 11.9 Å². The van der Waals surface area contributed by atoms with Gasteiger partial charge in [-0.15, -0.1) is 0 Å². The molecule has 4 heterocycles. The number of aliphatic hydroxyl groups excluding tert-OH is 3. The topological polar surface area (TPSA) is 178 Å². The molecule has 290 valence electrons. The molecule has 0 amide bonds. The average molecular weight is 745 g/mol. The zero-order valence-corrected chi connectivity index (χ0v) is 31.6. The number of epoxide rings is 1. The summed E-state index contributed by atoms with van der Waals surface area (Å²) >= 11 is 0. The van der Waals surface area contributed by atoms with E-state index in [4.69, 9.17) is 23.0 Å². The predicted molar refractivity (Wildman–Crippen MR) is 203 cm³/mol. The molecule has 2 aromatic rings. The fraction of sp³-hybridized carbons (Fsp3) is 0.429. The molecule has 2 aliphatic heterocycles. The summed E-state index contributed by atoms with van der Waals surface area (Å²) in [5.74, 6) is -1.04. The largest absolute Gasteiger partial charge is 0.457 e. The van der Waals surface area contributed by atoms with E-state index in [9.17, 15) is 24.9 Å². The second kappa shape index (κ2) is 19.4. The molecular weight excluding hydrogens is 692 g/mol. The molecule has 1 saturated heterocycles. The highest BCUT2D eigenvalue weighted by Gasteiger charge is 2.40. The number of rotatable bonds is 6. The van der Waals surface area contributed by atoms with Gasteiger partial charge in [0.1, 0.15) is 36.9 Å². The van der Waals surface area contributed by atoms with E-state index in [0.717, 1.165) is 0 Å². The van der Waals surface area contributed by atoms with E-state index in [1.807, 2.05) is 52.0 Å². The van der Waals surface area contributed by atoms with Gasteiger partial charge in [0.05, 0.1) is 24.7 Å². The third kappa shape index (κ3) is 11.8. The fourth-order valence-corrected chi connectivity index (χ4v) is 5.53. The summed E-state index contributed by atoms with van der Waals surface area (Å²) in [6.45, 7) is 10.9. The SMILES string of the molecule is C/C=C/C(O)C(C)(C)C1C\C=C/C=C\C=C\C(O)Cc2nc(co2)C(=O)OC(C(C)(C)C(O)/C=C/C)C/C=C\C2OC2/C=C/C=C\c2nc(co2)C(=O)O1. The first kappa shape index (κ1) is 41.9. The minimum Gasteiger partial charge on any atom is -0.457 e. The van der Waals surface area contributed by atoms with Gasteiger partial charge in [-0.1, -0.05) is 119 Å². The zero-order chi connectivity index (χ0) is 39.3. The minimum absolute atomic E-state index is 0.00530. The fourth-order valence-electron chi connectivity index (χ4n) is 5.53. The highest BCUT2D eigenvalue weighted by Crippen LogP contribution is 2.34. The number of cyclic esters (lactones) is 2. The number of carbonyl (C=O) groups is 2. The first-order valence-electron chi connectivity index (χ1n) is 18.0. The van der Waals surface area contributed by atoms with Crippen molar-refractivity contribution in [2.45, 2.75) is 104 Å². The maximum atomic E-state index is 13.2. The van der Waals surface area contributed by atoms with Gasteiger partial charge in [-0.05, 0) is 13.8 Å². The van der Waals surface area contributed by atoms with Crippen LogP contribution in [0.25, 0.3) is 6.08 Å². The van der Waals surface area contributed by atoms with Gasteiger partial charge < -0.3 is 38.4 Å². The van der Waals surface area contributed by atoms with Crippen LogP contribution in [-0.4, -0.2) is 80.0 Å². The van der Waals surface area contributed by atoms with Gasteiger partial charge in [-0.3, -0.25) is 0 Å². The number of aromatic nitrogens is 2. The van der Waals surface area contributed by atoms with Gasteiger partial charge in [0.15, 0.2) is 17.3 Å². The molecule has 4 rings (SSSR count). The molecular formula is C42H52N2O10. The first-order valence-corrected chi connectivity index (χ1v) is 18.0. The number of aliphatic hydroxyl groups is 3. The standard InChI is InChI=1S/C42H52N2O10/c1-7-17-33(46)41(3,4)35-22-13-11-9-10-12-19-28(45)25-38-44-30(27-51-38)40(49)54-36(42(5,6)34(47)18-8-2)23-16-21-32-31(52-32)20-14-15-24-37-43-29(26-50-37)39(48)53-35/h7-21,24,26-28,31-36,45-47H,22-23,25H2,1-6H3/b10-9-,13-11-,17-7+,18-8+,19-12+,20-14+,21-16-,24-15-. The molecule has 2 aromatic heterocycles. The van der Waals surface area contributed by atoms with Crippen LogP contribution in [0, 0.1) is 10.8 Å². The molecule has 0 saturated carbocycles. The molecule has 0 radical (unpaired) electrons. The Labute approximate surface area is 316 Å². The Morgan fingerprint density at radius 2 is 1.28 bits per heavy atom. The Morgan fingerprint density at radius 1 is 0.722 bits per heavy atom. The molecule has 7 unspecified atom stereocenters. The monoisotopic (exact) mass is 744 g/mol. The number of carbonyl (C=O) groups excluding carboxylic acids is 2. The molecule has 54 heavy (non-hydrogen) atoms. The summed E-state index contributed by atoms with van der Waals surface area (Å²) in [6.07, 6.45) is 26.2. The maximum absolute atomic E-state index is 13.2. The van der Waals surface area contributed by atoms with Gasteiger partial charge in [0, 0.05) is 29.7 Å². The summed E-state index contributed by atoms with van der Waals surface area (Å²) in [7, 11) is 0. The van der Waals surface area contributed by atoms with Crippen molar-refractivity contribution >= 4 is 18.0 Å². The predicted octanol–water partition coefficient (Wildman–Crippen LogP) is 6.60. The Morgan fingerprint density at radius 3 is 1.93 bits per heavy atom. The Balaban J connectivity index is 1.56. The van der Waals surface area contributed by atoms with Crippen molar-refractivity contribution in [3.63, 3.8) is 0 Å². The van der Waals surface area contributed by atoms with Crippen molar-refractivity contribution < 1.29 is 48.0 Å². The quantitative estimate of drug-likeness (QED) is 0.164. The van der Waals surface area contributed by atoms with Crippen LogP contribution in [-0.2, 0) is 20.6 Å². The maximum Gasteiger partial charge on any atom is 0.360 e. The van der Waals surface area contributed by atoms with Gasteiger partial charge in [0.25, 0.3) is 0 Å². The molecule has 2 aliphatic rings. The molecule has 4 bridgehead atoms. The second-order valence-corrected chi connectivity index (χ2v) is 14.2. The third-order valence-electron chi connectivity index (χ3n) is 9.35. The van der Waals surface area contributed by atoms with Crippen LogP contribution in [0.3, 0.4) is 0 Å². The minimum atomic E-state index is -0.956.